The van der Waals surface area contributed by atoms with Crippen molar-refractivity contribution in [3.63, 3.8) is 0 Å². The maximum absolute atomic E-state index is 12.9. The number of fused-ring (bicyclic) bond motifs is 3. The topological polar surface area (TPSA) is 109 Å². The molecule has 4 saturated heterocycles. The van der Waals surface area contributed by atoms with Crippen molar-refractivity contribution in [3.8, 4) is 11.3 Å². The smallest absolute Gasteiger partial charge is 0.320 e. The Labute approximate surface area is 209 Å². The van der Waals surface area contributed by atoms with Gasteiger partial charge in [-0.2, -0.15) is 5.10 Å². The van der Waals surface area contributed by atoms with Crippen LogP contribution in [0.15, 0.2) is 24.5 Å². The average Bonchev–Trinajstić information content (AvgIpc) is 3.72. The number of aromatic nitrogens is 5. The SMILES string of the molecule is CC1CN(c2ccc(-c3n[nH]c4cnc(N5CC6CC5CN6C(=O)N5CCCC5)nc34)cn2)CCN1. The lowest BCUT2D eigenvalue weighted by Crippen LogP contribution is -2.52. The van der Waals surface area contributed by atoms with E-state index in [1.165, 1.54) is 0 Å². The van der Waals surface area contributed by atoms with E-state index in [0.717, 1.165) is 93.2 Å². The van der Waals surface area contributed by atoms with Gasteiger partial charge in [-0.25, -0.2) is 19.7 Å². The first-order valence-corrected chi connectivity index (χ1v) is 13.1. The zero-order chi connectivity index (χ0) is 24.2. The quantitative estimate of drug-likeness (QED) is 0.573. The number of nitrogens with zero attached hydrogens (tertiary/aromatic N) is 8. The van der Waals surface area contributed by atoms with Gasteiger partial charge in [0, 0.05) is 63.6 Å². The summed E-state index contributed by atoms with van der Waals surface area (Å²) in [7, 11) is 0. The van der Waals surface area contributed by atoms with Crippen LogP contribution in [0, 0.1) is 0 Å². The van der Waals surface area contributed by atoms with Crippen molar-refractivity contribution in [2.24, 2.45) is 0 Å². The first-order valence-electron chi connectivity index (χ1n) is 13.1. The number of carbonyl (C=O) groups excluding carboxylic acids is 1. The molecule has 2 bridgehead atoms. The molecule has 3 unspecified atom stereocenters. The number of H-pyrrole nitrogens is 1. The third kappa shape index (κ3) is 3.64. The minimum absolute atomic E-state index is 0.208. The van der Waals surface area contributed by atoms with E-state index in [9.17, 15) is 4.79 Å². The predicted molar refractivity (Wildman–Crippen MR) is 137 cm³/mol. The number of piperazine rings is 2. The van der Waals surface area contributed by atoms with Gasteiger partial charge in [-0.3, -0.25) is 5.10 Å². The molecule has 0 aromatic carbocycles. The van der Waals surface area contributed by atoms with Crippen LogP contribution in [0.5, 0.6) is 0 Å². The van der Waals surface area contributed by atoms with Gasteiger partial charge in [0.05, 0.1) is 18.3 Å². The van der Waals surface area contributed by atoms with Crippen molar-refractivity contribution in [1.29, 1.82) is 0 Å². The van der Waals surface area contributed by atoms with E-state index in [1.807, 2.05) is 17.3 Å². The highest BCUT2D eigenvalue weighted by atomic mass is 16.2. The zero-order valence-corrected chi connectivity index (χ0v) is 20.6. The van der Waals surface area contributed by atoms with Gasteiger partial charge in [0.2, 0.25) is 5.95 Å². The van der Waals surface area contributed by atoms with Crippen LogP contribution in [0.4, 0.5) is 16.6 Å². The molecule has 188 valence electrons. The van der Waals surface area contributed by atoms with Gasteiger partial charge in [0.15, 0.2) is 0 Å². The number of urea groups is 1. The first-order chi connectivity index (χ1) is 17.6. The minimum atomic E-state index is 0.208. The Morgan fingerprint density at radius 3 is 2.67 bits per heavy atom. The van der Waals surface area contributed by atoms with E-state index in [4.69, 9.17) is 9.97 Å². The maximum atomic E-state index is 12.9. The second-order valence-electron chi connectivity index (χ2n) is 10.5. The first kappa shape index (κ1) is 21.8. The number of hydrogen-bond donors (Lipinski definition) is 2. The van der Waals surface area contributed by atoms with Crippen LogP contribution in [-0.4, -0.2) is 105 Å². The van der Waals surface area contributed by atoms with Crippen LogP contribution in [0.25, 0.3) is 22.3 Å². The average molecular weight is 489 g/mol. The molecule has 0 spiro atoms. The van der Waals surface area contributed by atoms with Gasteiger partial charge in [0.25, 0.3) is 0 Å². The van der Waals surface area contributed by atoms with Gasteiger partial charge < -0.3 is 24.9 Å². The van der Waals surface area contributed by atoms with E-state index < -0.39 is 0 Å². The Kier molecular flexibility index (Phi) is 5.19. The molecule has 3 aromatic heterocycles. The summed E-state index contributed by atoms with van der Waals surface area (Å²) in [5, 5.41) is 11.1. The summed E-state index contributed by atoms with van der Waals surface area (Å²) in [4.78, 5) is 35.9. The fourth-order valence-electron chi connectivity index (χ4n) is 6.23. The molecule has 2 N–H and O–H groups in total. The van der Waals surface area contributed by atoms with Crippen LogP contribution in [0.1, 0.15) is 26.2 Å². The monoisotopic (exact) mass is 488 g/mol. The number of carbonyl (C=O) groups is 1. The number of anilines is 2. The van der Waals surface area contributed by atoms with Crippen LogP contribution in [0.2, 0.25) is 0 Å². The van der Waals surface area contributed by atoms with E-state index in [2.05, 4.69) is 54.3 Å². The standard InChI is InChI=1S/C25H32N10O/c1-16-13-33(9-6-26-16)21-5-4-17(11-27-21)22-23-20(30-31-22)12-28-24(29-23)34-14-19-10-18(34)15-35(19)25(36)32-7-2-3-8-32/h4-5,11-12,16,18-19,26H,2-3,6-10,13-15H2,1H3,(H,30,31). The number of hydrogen-bond acceptors (Lipinski definition) is 8. The summed E-state index contributed by atoms with van der Waals surface area (Å²) < 4.78 is 0. The van der Waals surface area contributed by atoms with Crippen molar-refractivity contribution in [2.75, 3.05) is 55.6 Å². The number of rotatable bonds is 3. The number of amides is 2. The molecular formula is C25H32N10O. The van der Waals surface area contributed by atoms with E-state index in [1.54, 1.807) is 0 Å². The molecule has 11 heteroatoms. The van der Waals surface area contributed by atoms with Crippen molar-refractivity contribution >= 4 is 28.8 Å². The highest BCUT2D eigenvalue weighted by Gasteiger charge is 2.47. The Balaban J connectivity index is 1.10. The van der Waals surface area contributed by atoms with Gasteiger partial charge >= 0.3 is 6.03 Å². The van der Waals surface area contributed by atoms with E-state index >= 15 is 0 Å². The summed E-state index contributed by atoms with van der Waals surface area (Å²) in [6.07, 6.45) is 6.92. The second kappa shape index (κ2) is 8.58. The molecule has 7 rings (SSSR count). The molecule has 0 radical (unpaired) electrons. The third-order valence-electron chi connectivity index (χ3n) is 8.12. The van der Waals surface area contributed by atoms with Gasteiger partial charge in [0.1, 0.15) is 22.5 Å². The molecule has 3 atom stereocenters. The fraction of sp³-hybridized carbons (Fsp3) is 0.560. The Hall–Kier alpha value is -3.47. The number of pyridine rings is 1. The van der Waals surface area contributed by atoms with Crippen LogP contribution >= 0.6 is 0 Å². The molecule has 0 aliphatic carbocycles. The third-order valence-corrected chi connectivity index (χ3v) is 8.12. The number of nitrogens with one attached hydrogen (secondary N) is 2. The lowest BCUT2D eigenvalue weighted by Gasteiger charge is -2.36. The molecule has 7 heterocycles. The highest BCUT2D eigenvalue weighted by Crippen LogP contribution is 2.35. The molecule has 0 saturated carbocycles. The molecule has 11 nitrogen and oxygen atoms in total. The normalized spacial score (nSPS) is 26.0. The molecule has 2 amide bonds. The second-order valence-corrected chi connectivity index (χ2v) is 10.5. The van der Waals surface area contributed by atoms with E-state index in [-0.39, 0.29) is 18.1 Å². The molecule has 4 fully saturated rings. The minimum Gasteiger partial charge on any atom is -0.354 e. The summed E-state index contributed by atoms with van der Waals surface area (Å²) >= 11 is 0. The summed E-state index contributed by atoms with van der Waals surface area (Å²) in [5.74, 6) is 1.70. The Bertz CT molecular complexity index is 1270. The largest absolute Gasteiger partial charge is 0.354 e. The number of likely N-dealkylation sites (tertiary alicyclic amines) is 2. The summed E-state index contributed by atoms with van der Waals surface area (Å²) in [5.41, 5.74) is 3.34. The molecule has 4 aliphatic heterocycles. The summed E-state index contributed by atoms with van der Waals surface area (Å²) in [6.45, 7) is 8.38. The van der Waals surface area contributed by atoms with Crippen LogP contribution < -0.4 is 15.1 Å². The fourth-order valence-corrected chi connectivity index (χ4v) is 6.23. The Morgan fingerprint density at radius 2 is 1.92 bits per heavy atom. The lowest BCUT2D eigenvalue weighted by atomic mass is 10.1. The maximum Gasteiger partial charge on any atom is 0.320 e. The van der Waals surface area contributed by atoms with E-state index in [0.29, 0.717) is 12.0 Å². The predicted octanol–water partition coefficient (Wildman–Crippen LogP) is 1.69. The van der Waals surface area contributed by atoms with Crippen LogP contribution in [-0.2, 0) is 0 Å². The molecule has 4 aliphatic rings. The molecule has 3 aromatic rings. The van der Waals surface area contributed by atoms with Gasteiger partial charge in [-0.05, 0) is 38.3 Å². The highest BCUT2D eigenvalue weighted by molar-refractivity contribution is 5.89. The number of aromatic amines is 1. The van der Waals surface area contributed by atoms with Crippen molar-refractivity contribution in [1.82, 2.24) is 40.3 Å². The van der Waals surface area contributed by atoms with Crippen LogP contribution in [0.3, 0.4) is 0 Å². The van der Waals surface area contributed by atoms with Gasteiger partial charge in [-0.15, -0.1) is 0 Å². The van der Waals surface area contributed by atoms with Gasteiger partial charge in [-0.1, -0.05) is 0 Å². The molecular weight excluding hydrogens is 456 g/mol. The zero-order valence-electron chi connectivity index (χ0n) is 20.6. The molecule has 36 heavy (non-hydrogen) atoms. The Morgan fingerprint density at radius 1 is 1.03 bits per heavy atom. The summed E-state index contributed by atoms with van der Waals surface area (Å²) in [6, 6.07) is 5.30. The lowest BCUT2D eigenvalue weighted by molar-refractivity contribution is 0.154. The van der Waals surface area contributed by atoms with Crippen molar-refractivity contribution < 1.29 is 4.79 Å². The van der Waals surface area contributed by atoms with Crippen molar-refractivity contribution in [3.05, 3.63) is 24.5 Å². The van der Waals surface area contributed by atoms with Crippen molar-refractivity contribution in [2.45, 2.75) is 44.3 Å².